The minimum Gasteiger partial charge on any atom is -0.338 e. The second kappa shape index (κ2) is 7.14. The molecule has 1 unspecified atom stereocenters. The number of urea groups is 1. The molecule has 3 heterocycles. The molecule has 0 aliphatic carbocycles. The highest BCUT2D eigenvalue weighted by molar-refractivity contribution is 8.02. The monoisotopic (exact) mass is 352 g/mol. The van der Waals surface area contributed by atoms with E-state index in [-0.39, 0.29) is 11.8 Å². The fraction of sp³-hybridized carbons (Fsp3) is 0.688. The molecule has 0 aromatic rings. The maximum Gasteiger partial charge on any atom is 0.328 e. The van der Waals surface area contributed by atoms with Crippen molar-refractivity contribution in [2.24, 2.45) is 5.92 Å². The van der Waals surface area contributed by atoms with Gasteiger partial charge in [-0.1, -0.05) is 20.3 Å². The number of imide groups is 1. The van der Waals surface area contributed by atoms with Gasteiger partial charge in [0.05, 0.1) is 5.70 Å². The molecule has 2 N–H and O–H groups in total. The second-order valence-electron chi connectivity index (χ2n) is 6.64. The van der Waals surface area contributed by atoms with E-state index >= 15 is 0 Å². The average Bonchev–Trinajstić information content (AvgIpc) is 2.98. The number of nitrogens with zero attached hydrogens (tertiary/aromatic N) is 2. The molecule has 0 spiro atoms. The smallest absolute Gasteiger partial charge is 0.328 e. The Morgan fingerprint density at radius 1 is 1.29 bits per heavy atom. The van der Waals surface area contributed by atoms with E-state index in [1.165, 1.54) is 4.90 Å². The van der Waals surface area contributed by atoms with Crippen molar-refractivity contribution >= 4 is 29.8 Å². The third kappa shape index (κ3) is 3.17. The minimum absolute atomic E-state index is 0.0907. The van der Waals surface area contributed by atoms with Crippen molar-refractivity contribution < 1.29 is 14.4 Å². The first kappa shape index (κ1) is 17.3. The summed E-state index contributed by atoms with van der Waals surface area (Å²) in [5.41, 5.74) is 0.423. The van der Waals surface area contributed by atoms with Crippen LogP contribution in [0.3, 0.4) is 0 Å². The Kier molecular flexibility index (Phi) is 5.15. The lowest BCUT2D eigenvalue weighted by atomic mass is 9.99. The van der Waals surface area contributed by atoms with Gasteiger partial charge in [0, 0.05) is 19.6 Å². The van der Waals surface area contributed by atoms with Crippen molar-refractivity contribution in [3.8, 4) is 0 Å². The molecule has 2 fully saturated rings. The highest BCUT2D eigenvalue weighted by Crippen LogP contribution is 2.32. The van der Waals surface area contributed by atoms with Crippen molar-refractivity contribution in [3.05, 3.63) is 10.6 Å². The Bertz CT molecular complexity index is 584. The number of piperidine rings is 1. The van der Waals surface area contributed by atoms with Gasteiger partial charge >= 0.3 is 6.03 Å². The van der Waals surface area contributed by atoms with Crippen molar-refractivity contribution in [1.82, 2.24) is 19.8 Å². The summed E-state index contributed by atoms with van der Waals surface area (Å²) in [5.74, 6) is 0.272. The van der Waals surface area contributed by atoms with Crippen molar-refractivity contribution in [2.45, 2.75) is 45.6 Å². The van der Waals surface area contributed by atoms with Crippen molar-refractivity contribution in [3.63, 3.8) is 0 Å². The van der Waals surface area contributed by atoms with Gasteiger partial charge in [0.15, 0.2) is 0 Å². The molecule has 3 aliphatic rings. The van der Waals surface area contributed by atoms with Crippen LogP contribution in [0.15, 0.2) is 10.6 Å². The first-order valence-electron chi connectivity index (χ1n) is 8.61. The molecule has 0 radical (unpaired) electrons. The Morgan fingerprint density at radius 2 is 2.00 bits per heavy atom. The topological polar surface area (TPSA) is 81.8 Å². The van der Waals surface area contributed by atoms with Crippen LogP contribution < -0.4 is 10.0 Å². The molecule has 4 amide bonds. The van der Waals surface area contributed by atoms with Gasteiger partial charge in [0.2, 0.25) is 0 Å². The number of hydrogen-bond donors (Lipinski definition) is 2. The number of hydrogen-bond acceptors (Lipinski definition) is 5. The fourth-order valence-corrected chi connectivity index (χ4v) is 4.10. The maximum atomic E-state index is 12.8. The lowest BCUT2D eigenvalue weighted by Gasteiger charge is -2.32. The number of rotatable bonds is 4. The second-order valence-corrected chi connectivity index (χ2v) is 7.49. The molecule has 132 valence electrons. The molecular formula is C16H24N4O3S. The largest absolute Gasteiger partial charge is 0.338 e. The third-order valence-corrected chi connectivity index (χ3v) is 5.76. The molecule has 3 rings (SSSR count). The highest BCUT2D eigenvalue weighted by atomic mass is 32.2. The van der Waals surface area contributed by atoms with Crippen molar-refractivity contribution in [2.75, 3.05) is 19.6 Å². The molecule has 0 aromatic carbocycles. The molecule has 7 nitrogen and oxygen atoms in total. The number of fused-ring (bicyclic) bond motifs is 1. The van der Waals surface area contributed by atoms with E-state index < -0.39 is 12.1 Å². The molecule has 0 saturated carbocycles. The predicted molar refractivity (Wildman–Crippen MR) is 91.7 cm³/mol. The molecule has 24 heavy (non-hydrogen) atoms. The van der Waals surface area contributed by atoms with Crippen LogP contribution in [0.1, 0.15) is 39.5 Å². The van der Waals surface area contributed by atoms with E-state index in [9.17, 15) is 14.4 Å². The molecule has 2 saturated heterocycles. The van der Waals surface area contributed by atoms with Gasteiger partial charge in [0.25, 0.3) is 11.8 Å². The van der Waals surface area contributed by atoms with Gasteiger partial charge in [-0.15, -0.1) is 0 Å². The molecule has 0 bridgehead atoms. The van der Waals surface area contributed by atoms with Gasteiger partial charge < -0.3 is 10.2 Å². The average molecular weight is 352 g/mol. The molecular weight excluding hydrogens is 328 g/mol. The van der Waals surface area contributed by atoms with Crippen LogP contribution in [0.2, 0.25) is 0 Å². The Labute approximate surface area is 146 Å². The number of carbonyl (C=O) groups is 3. The van der Waals surface area contributed by atoms with E-state index in [0.717, 1.165) is 50.7 Å². The quantitative estimate of drug-likeness (QED) is 0.748. The summed E-state index contributed by atoms with van der Waals surface area (Å²) in [4.78, 5) is 41.0. The van der Waals surface area contributed by atoms with Crippen LogP contribution in [0, 0.1) is 5.92 Å². The van der Waals surface area contributed by atoms with Crippen LogP contribution in [0.5, 0.6) is 0 Å². The van der Waals surface area contributed by atoms with Crippen LogP contribution in [0.25, 0.3) is 0 Å². The Morgan fingerprint density at radius 3 is 2.67 bits per heavy atom. The first-order chi connectivity index (χ1) is 11.5. The number of carbonyl (C=O) groups excluding carboxylic acids is 3. The summed E-state index contributed by atoms with van der Waals surface area (Å²) in [6.07, 6.45) is 3.66. The maximum absolute atomic E-state index is 12.8. The highest BCUT2D eigenvalue weighted by Gasteiger charge is 2.44. The van der Waals surface area contributed by atoms with Gasteiger partial charge in [0.1, 0.15) is 10.9 Å². The Balaban J connectivity index is 1.75. The van der Waals surface area contributed by atoms with Crippen LogP contribution >= 0.6 is 11.9 Å². The zero-order valence-corrected chi connectivity index (χ0v) is 14.9. The van der Waals surface area contributed by atoms with E-state index in [2.05, 4.69) is 17.0 Å². The number of nitrogens with one attached hydrogen (secondary N) is 2. The van der Waals surface area contributed by atoms with Crippen molar-refractivity contribution in [1.29, 1.82) is 0 Å². The van der Waals surface area contributed by atoms with Crippen LogP contribution in [0.4, 0.5) is 4.79 Å². The van der Waals surface area contributed by atoms with E-state index in [4.69, 9.17) is 0 Å². The zero-order valence-electron chi connectivity index (χ0n) is 14.1. The molecule has 1 atom stereocenters. The molecule has 0 aromatic heterocycles. The van der Waals surface area contributed by atoms with Crippen LogP contribution in [-0.4, -0.2) is 53.3 Å². The SMILES string of the molecule is CCCCN1C(=O)NC2=C(C(=O)N3CCC(C)CC3)SNC2C1=O. The lowest BCUT2D eigenvalue weighted by Crippen LogP contribution is -2.58. The number of amides is 4. The lowest BCUT2D eigenvalue weighted by molar-refractivity contribution is -0.130. The summed E-state index contributed by atoms with van der Waals surface area (Å²) in [7, 11) is 0. The summed E-state index contributed by atoms with van der Waals surface area (Å²) in [6, 6.07) is -1.06. The summed E-state index contributed by atoms with van der Waals surface area (Å²) < 4.78 is 3.00. The van der Waals surface area contributed by atoms with Crippen LogP contribution in [-0.2, 0) is 9.59 Å². The van der Waals surface area contributed by atoms with Gasteiger partial charge in [-0.05, 0) is 37.1 Å². The summed E-state index contributed by atoms with van der Waals surface area (Å²) >= 11 is 1.16. The standard InChI is InChI=1S/C16H24N4O3S/c1-3-4-7-20-14(21)12-11(17-16(20)23)13(24-18-12)15(22)19-8-5-10(2)6-9-19/h10,12,18H,3-9H2,1-2H3,(H,17,23). The Hall–Kier alpha value is -1.54. The number of unbranched alkanes of at least 4 members (excludes halogenated alkanes) is 1. The van der Waals surface area contributed by atoms with E-state index in [1.807, 2.05) is 11.8 Å². The van der Waals surface area contributed by atoms with Gasteiger partial charge in [-0.3, -0.25) is 14.5 Å². The van der Waals surface area contributed by atoms with E-state index in [1.54, 1.807) is 0 Å². The first-order valence-corrected chi connectivity index (χ1v) is 9.42. The minimum atomic E-state index is -0.632. The van der Waals surface area contributed by atoms with E-state index in [0.29, 0.717) is 23.1 Å². The molecule has 3 aliphatic heterocycles. The normalized spacial score (nSPS) is 25.2. The third-order valence-electron chi connectivity index (χ3n) is 4.81. The summed E-state index contributed by atoms with van der Waals surface area (Å²) in [6.45, 7) is 6.07. The van der Waals surface area contributed by atoms with Gasteiger partial charge in [-0.25, -0.2) is 9.52 Å². The zero-order chi connectivity index (χ0) is 17.3. The molecule has 8 heteroatoms. The summed E-state index contributed by atoms with van der Waals surface area (Å²) in [5, 5.41) is 2.76. The van der Waals surface area contributed by atoms with Gasteiger partial charge in [-0.2, -0.15) is 0 Å². The number of likely N-dealkylation sites (tertiary alicyclic amines) is 1. The predicted octanol–water partition coefficient (Wildman–Crippen LogP) is 1.43. The fourth-order valence-electron chi connectivity index (χ4n) is 3.15.